The van der Waals surface area contributed by atoms with Crippen LogP contribution in [0.4, 0.5) is 11.4 Å². The fourth-order valence-electron chi connectivity index (χ4n) is 2.78. The van der Waals surface area contributed by atoms with Crippen molar-refractivity contribution in [1.29, 1.82) is 0 Å². The van der Waals surface area contributed by atoms with Crippen molar-refractivity contribution >= 4 is 23.2 Å². The van der Waals surface area contributed by atoms with Gasteiger partial charge in [-0.3, -0.25) is 9.59 Å². The first-order valence-corrected chi connectivity index (χ1v) is 9.08. The molecule has 0 spiro atoms. The molecule has 142 valence electrons. The highest BCUT2D eigenvalue weighted by Crippen LogP contribution is 2.29. The molecule has 0 atom stereocenters. The van der Waals surface area contributed by atoms with Gasteiger partial charge in [0.05, 0.1) is 5.69 Å². The highest BCUT2D eigenvalue weighted by atomic mass is 16.5. The maximum Gasteiger partial charge on any atom is 0.226 e. The van der Waals surface area contributed by atoms with E-state index in [1.165, 1.54) is 6.92 Å². The second-order valence-electron chi connectivity index (χ2n) is 6.22. The monoisotopic (exact) mass is 374 g/mol. The average Bonchev–Trinajstić information content (AvgIpc) is 2.71. The van der Waals surface area contributed by atoms with Crippen LogP contribution in [-0.2, 0) is 9.59 Å². The number of nitrogens with one attached hydrogen (secondary N) is 1. The van der Waals surface area contributed by atoms with Gasteiger partial charge in [-0.15, -0.1) is 0 Å². The molecule has 1 N–H and O–H groups in total. The topological polar surface area (TPSA) is 58.6 Å². The average molecular weight is 374 g/mol. The van der Waals surface area contributed by atoms with E-state index in [1.807, 2.05) is 72.8 Å². The first-order valence-electron chi connectivity index (χ1n) is 9.08. The second-order valence-corrected chi connectivity index (χ2v) is 6.22. The quantitative estimate of drug-likeness (QED) is 0.642. The van der Waals surface area contributed by atoms with Crippen LogP contribution in [-0.4, -0.2) is 18.4 Å². The van der Waals surface area contributed by atoms with E-state index in [-0.39, 0.29) is 18.2 Å². The smallest absolute Gasteiger partial charge is 0.226 e. The summed E-state index contributed by atoms with van der Waals surface area (Å²) in [6.45, 7) is 1.79. The van der Waals surface area contributed by atoms with Crippen LogP contribution in [0.2, 0.25) is 0 Å². The van der Waals surface area contributed by atoms with Crippen molar-refractivity contribution in [2.45, 2.75) is 13.3 Å². The Morgan fingerprint density at radius 3 is 2.14 bits per heavy atom. The molecule has 5 nitrogen and oxygen atoms in total. The molecular formula is C23H22N2O3. The van der Waals surface area contributed by atoms with Gasteiger partial charge in [-0.2, -0.15) is 0 Å². The van der Waals surface area contributed by atoms with Crippen molar-refractivity contribution in [2.24, 2.45) is 0 Å². The number of amides is 2. The maximum absolute atomic E-state index is 12.5. The number of carbonyl (C=O) groups excluding carboxylic acids is 2. The van der Waals surface area contributed by atoms with Gasteiger partial charge in [0.15, 0.2) is 5.75 Å². The Morgan fingerprint density at radius 2 is 1.46 bits per heavy atom. The van der Waals surface area contributed by atoms with Gasteiger partial charge in [0.25, 0.3) is 0 Å². The summed E-state index contributed by atoms with van der Waals surface area (Å²) in [6.07, 6.45) is 0.175. The number of rotatable bonds is 7. The third-order valence-electron chi connectivity index (χ3n) is 4.14. The van der Waals surface area contributed by atoms with Crippen molar-refractivity contribution in [1.82, 2.24) is 0 Å². The Kier molecular flexibility index (Phi) is 6.41. The molecule has 0 aromatic heterocycles. The summed E-state index contributed by atoms with van der Waals surface area (Å²) in [4.78, 5) is 26.0. The number of hydrogen-bond donors (Lipinski definition) is 1. The number of benzene rings is 3. The third-order valence-corrected chi connectivity index (χ3v) is 4.14. The Labute approximate surface area is 164 Å². The van der Waals surface area contributed by atoms with Crippen LogP contribution in [0.15, 0.2) is 84.9 Å². The lowest BCUT2D eigenvalue weighted by atomic mass is 10.2. The van der Waals surface area contributed by atoms with Gasteiger partial charge in [-0.05, 0) is 36.4 Å². The number of nitrogens with zero attached hydrogens (tertiary/aromatic N) is 1. The van der Waals surface area contributed by atoms with E-state index < -0.39 is 0 Å². The highest BCUT2D eigenvalue weighted by Gasteiger charge is 2.14. The molecule has 3 aromatic rings. The first-order chi connectivity index (χ1) is 13.6. The molecule has 2 amide bonds. The predicted molar refractivity (Wildman–Crippen MR) is 111 cm³/mol. The van der Waals surface area contributed by atoms with Gasteiger partial charge in [-0.1, -0.05) is 48.5 Å². The van der Waals surface area contributed by atoms with Gasteiger partial charge in [-0.25, -0.2) is 0 Å². The van der Waals surface area contributed by atoms with Crippen LogP contribution >= 0.6 is 0 Å². The molecule has 0 bridgehead atoms. The lowest BCUT2D eigenvalue weighted by Gasteiger charge is -2.21. The summed E-state index contributed by atoms with van der Waals surface area (Å²) in [7, 11) is 0. The fourth-order valence-corrected chi connectivity index (χ4v) is 2.78. The van der Waals surface area contributed by atoms with Gasteiger partial charge in [0, 0.05) is 25.6 Å². The molecular weight excluding hydrogens is 352 g/mol. The molecule has 0 aliphatic rings. The fraction of sp³-hybridized carbons (Fsp3) is 0.130. The molecule has 28 heavy (non-hydrogen) atoms. The van der Waals surface area contributed by atoms with Crippen molar-refractivity contribution in [2.75, 3.05) is 16.8 Å². The molecule has 0 saturated heterocycles. The summed E-state index contributed by atoms with van der Waals surface area (Å²) in [5.41, 5.74) is 1.36. The van der Waals surface area contributed by atoms with E-state index in [2.05, 4.69) is 5.32 Å². The van der Waals surface area contributed by atoms with E-state index in [4.69, 9.17) is 4.74 Å². The van der Waals surface area contributed by atoms with E-state index in [1.54, 1.807) is 17.0 Å². The molecule has 0 radical (unpaired) electrons. The molecule has 0 unspecified atom stereocenters. The van der Waals surface area contributed by atoms with E-state index in [0.29, 0.717) is 23.7 Å². The largest absolute Gasteiger partial charge is 0.455 e. The third kappa shape index (κ3) is 5.20. The second kappa shape index (κ2) is 9.37. The molecule has 0 saturated carbocycles. The summed E-state index contributed by atoms with van der Waals surface area (Å²) < 4.78 is 5.86. The number of para-hydroxylation sites is 4. The van der Waals surface area contributed by atoms with E-state index >= 15 is 0 Å². The molecule has 0 aliphatic heterocycles. The summed E-state index contributed by atoms with van der Waals surface area (Å²) >= 11 is 0. The Morgan fingerprint density at radius 1 is 0.857 bits per heavy atom. The van der Waals surface area contributed by atoms with Crippen molar-refractivity contribution in [3.05, 3.63) is 84.9 Å². The number of carbonyl (C=O) groups is 2. The number of anilines is 2. The predicted octanol–water partition coefficient (Wildman–Crippen LogP) is 4.86. The molecule has 3 rings (SSSR count). The summed E-state index contributed by atoms with van der Waals surface area (Å²) in [5, 5.41) is 2.87. The zero-order valence-corrected chi connectivity index (χ0v) is 15.7. The van der Waals surface area contributed by atoms with Crippen LogP contribution in [0.25, 0.3) is 0 Å². The summed E-state index contributed by atoms with van der Waals surface area (Å²) in [5.74, 6) is 0.961. The van der Waals surface area contributed by atoms with E-state index in [0.717, 1.165) is 5.69 Å². The van der Waals surface area contributed by atoms with Crippen LogP contribution in [0.5, 0.6) is 11.5 Å². The lowest BCUT2D eigenvalue weighted by Crippen LogP contribution is -2.31. The van der Waals surface area contributed by atoms with Crippen LogP contribution in [0.3, 0.4) is 0 Å². The number of hydrogen-bond acceptors (Lipinski definition) is 3. The SMILES string of the molecule is CC(=O)N(CCC(=O)Nc1ccccc1Oc1ccccc1)c1ccccc1. The molecule has 5 heteroatoms. The van der Waals surface area contributed by atoms with Gasteiger partial charge >= 0.3 is 0 Å². The normalized spacial score (nSPS) is 10.2. The van der Waals surface area contributed by atoms with Crippen LogP contribution in [0, 0.1) is 0 Å². The Bertz CT molecular complexity index is 927. The molecule has 3 aromatic carbocycles. The first kappa shape index (κ1) is 19.2. The highest BCUT2D eigenvalue weighted by molar-refractivity contribution is 5.95. The van der Waals surface area contributed by atoms with Gasteiger partial charge < -0.3 is 15.0 Å². The summed E-state index contributed by atoms with van der Waals surface area (Å²) in [6, 6.07) is 26.0. The van der Waals surface area contributed by atoms with E-state index in [9.17, 15) is 9.59 Å². The van der Waals surface area contributed by atoms with Gasteiger partial charge in [0.1, 0.15) is 5.75 Å². The minimum absolute atomic E-state index is 0.105. The molecule has 0 heterocycles. The van der Waals surface area contributed by atoms with Crippen LogP contribution < -0.4 is 15.0 Å². The minimum Gasteiger partial charge on any atom is -0.455 e. The van der Waals surface area contributed by atoms with Crippen molar-refractivity contribution in [3.8, 4) is 11.5 Å². The molecule has 0 fully saturated rings. The zero-order chi connectivity index (χ0) is 19.8. The van der Waals surface area contributed by atoms with Crippen molar-refractivity contribution < 1.29 is 14.3 Å². The standard InChI is InChI=1S/C23H22N2O3/c1-18(26)25(19-10-4-2-5-11-19)17-16-23(27)24-21-14-8-9-15-22(21)28-20-12-6-3-7-13-20/h2-15H,16-17H2,1H3,(H,24,27). The van der Waals surface area contributed by atoms with Crippen LogP contribution in [0.1, 0.15) is 13.3 Å². The lowest BCUT2D eigenvalue weighted by molar-refractivity contribution is -0.117. The van der Waals surface area contributed by atoms with Crippen molar-refractivity contribution in [3.63, 3.8) is 0 Å². The Balaban J connectivity index is 1.64. The molecule has 0 aliphatic carbocycles. The number of ether oxygens (including phenoxy) is 1. The Hall–Kier alpha value is -3.60. The van der Waals surface area contributed by atoms with Gasteiger partial charge in [0.2, 0.25) is 11.8 Å². The zero-order valence-electron chi connectivity index (χ0n) is 15.7. The minimum atomic E-state index is -0.189. The maximum atomic E-state index is 12.5.